The first-order valence-corrected chi connectivity index (χ1v) is 22.3. The minimum Gasteiger partial charge on any atom is -0.491 e. The zero-order chi connectivity index (χ0) is 42.1. The van der Waals surface area contributed by atoms with E-state index < -0.39 is 11.7 Å². The molecule has 0 radical (unpaired) electrons. The van der Waals surface area contributed by atoms with E-state index in [1.54, 1.807) is 0 Å². The first kappa shape index (κ1) is 44.5. The van der Waals surface area contributed by atoms with Crippen molar-refractivity contribution in [3.05, 3.63) is 119 Å². The molecule has 320 valence electrons. The summed E-state index contributed by atoms with van der Waals surface area (Å²) in [6, 6.07) is 33.7. The minimum absolute atomic E-state index is 0.173. The van der Waals surface area contributed by atoms with Crippen LogP contribution in [0.2, 0.25) is 0 Å². The van der Waals surface area contributed by atoms with Gasteiger partial charge in [-0.2, -0.15) is 0 Å². The van der Waals surface area contributed by atoms with Crippen LogP contribution < -0.4 is 18.9 Å². The van der Waals surface area contributed by atoms with E-state index in [-0.39, 0.29) is 29.1 Å². The third kappa shape index (κ3) is 11.8. The maximum Gasteiger partial charge on any atom is 0.120 e. The first-order valence-electron chi connectivity index (χ1n) is 22.3. The summed E-state index contributed by atoms with van der Waals surface area (Å²) < 4.78 is 36.4. The second-order valence-electron chi connectivity index (χ2n) is 18.1. The molecule has 4 aromatic carbocycles. The molecule has 0 bridgehead atoms. The van der Waals surface area contributed by atoms with E-state index in [4.69, 9.17) is 28.4 Å². The van der Waals surface area contributed by atoms with Crippen LogP contribution in [0.3, 0.4) is 0 Å². The fourth-order valence-corrected chi connectivity index (χ4v) is 8.71. The van der Waals surface area contributed by atoms with Gasteiger partial charge in [-0.15, -0.1) is 0 Å². The number of rotatable bonds is 25. The fraction of sp³-hybridized carbons (Fsp3) is 0.538. The third-order valence-electron chi connectivity index (χ3n) is 12.6. The van der Waals surface area contributed by atoms with Gasteiger partial charge < -0.3 is 33.5 Å². The topological polar surface area (TPSA) is 82.2 Å². The average molecular weight is 807 g/mol. The molecule has 2 aliphatic rings. The van der Waals surface area contributed by atoms with Crippen molar-refractivity contribution in [3.63, 3.8) is 0 Å². The summed E-state index contributed by atoms with van der Waals surface area (Å²) in [5.74, 6) is 3.33. The standard InChI is InChI=1S/C52H70O7/c1-9-29-51(12-4,58-45-25-17-40(18-26-45)50(7,8)39-15-23-44(24-16-39)55-36-48-37-57-48)32-42(53)34-54-43-21-13-38(14-22-43)49(5,6)41-19-27-46(28-20-41)59-52(30-10-2,31-11-3)33-47-35-56-47/h13-28,42,47-48,53H,9-12,29-37H2,1-8H3. The maximum absolute atomic E-state index is 11.3. The van der Waals surface area contributed by atoms with Gasteiger partial charge in [-0.1, -0.05) is 123 Å². The van der Waals surface area contributed by atoms with Crippen molar-refractivity contribution >= 4 is 0 Å². The SMILES string of the molecule is CCCC(CC)(CC(O)COc1ccc(C(C)(C)c2ccc(OC(CCC)(CCC)CC3CO3)cc2)cc1)Oc1ccc(C(C)(C)c2ccc(OCC3CO3)cc2)cc1. The quantitative estimate of drug-likeness (QED) is 0.0668. The van der Waals surface area contributed by atoms with Gasteiger partial charge in [-0.25, -0.2) is 0 Å². The van der Waals surface area contributed by atoms with Gasteiger partial charge in [-0.3, -0.25) is 0 Å². The lowest BCUT2D eigenvalue weighted by molar-refractivity contribution is -0.0132. The summed E-state index contributed by atoms with van der Waals surface area (Å²) in [5, 5.41) is 11.3. The van der Waals surface area contributed by atoms with E-state index in [2.05, 4.69) is 128 Å². The molecule has 2 heterocycles. The number of aliphatic hydroxyl groups is 1. The fourth-order valence-electron chi connectivity index (χ4n) is 8.71. The molecule has 4 aromatic rings. The molecule has 4 atom stereocenters. The van der Waals surface area contributed by atoms with Crippen LogP contribution >= 0.6 is 0 Å². The molecule has 0 aromatic heterocycles. The molecule has 6 rings (SSSR count). The normalized spacial score (nSPS) is 18.1. The number of epoxide rings is 2. The predicted octanol–water partition coefficient (Wildman–Crippen LogP) is 11.8. The van der Waals surface area contributed by atoms with Crippen LogP contribution in [0.15, 0.2) is 97.1 Å². The Morgan fingerprint density at radius 3 is 1.31 bits per heavy atom. The molecule has 0 aliphatic carbocycles. The highest BCUT2D eigenvalue weighted by molar-refractivity contribution is 5.43. The molecule has 0 amide bonds. The molecule has 0 spiro atoms. The first-order chi connectivity index (χ1) is 28.3. The van der Waals surface area contributed by atoms with Gasteiger partial charge >= 0.3 is 0 Å². The van der Waals surface area contributed by atoms with Gasteiger partial charge in [0.15, 0.2) is 0 Å². The van der Waals surface area contributed by atoms with Crippen molar-refractivity contribution in [1.29, 1.82) is 0 Å². The number of hydrogen-bond donors (Lipinski definition) is 1. The Hall–Kier alpha value is -4.04. The van der Waals surface area contributed by atoms with Gasteiger partial charge in [-0.05, 0) is 96.5 Å². The van der Waals surface area contributed by atoms with Crippen LogP contribution in [-0.2, 0) is 20.3 Å². The smallest absolute Gasteiger partial charge is 0.120 e. The van der Waals surface area contributed by atoms with Crippen LogP contribution in [0.4, 0.5) is 0 Å². The molecule has 59 heavy (non-hydrogen) atoms. The largest absolute Gasteiger partial charge is 0.491 e. The maximum atomic E-state index is 11.3. The minimum atomic E-state index is -0.689. The van der Waals surface area contributed by atoms with E-state index in [1.165, 1.54) is 22.3 Å². The molecule has 4 unspecified atom stereocenters. The molecule has 2 aliphatic heterocycles. The Morgan fingerprint density at radius 1 is 0.542 bits per heavy atom. The molecular weight excluding hydrogens is 737 g/mol. The van der Waals surface area contributed by atoms with Crippen LogP contribution in [0.25, 0.3) is 0 Å². The summed E-state index contributed by atoms with van der Waals surface area (Å²) in [6.45, 7) is 20.2. The molecule has 7 heteroatoms. The second-order valence-corrected chi connectivity index (χ2v) is 18.1. The Bertz CT molecular complexity index is 1850. The van der Waals surface area contributed by atoms with Crippen LogP contribution in [0.5, 0.6) is 23.0 Å². The van der Waals surface area contributed by atoms with Crippen LogP contribution in [0, 0.1) is 0 Å². The van der Waals surface area contributed by atoms with Crippen molar-refractivity contribution in [3.8, 4) is 23.0 Å². The summed E-state index contributed by atoms with van der Waals surface area (Å²) in [4.78, 5) is 0. The summed E-state index contributed by atoms with van der Waals surface area (Å²) in [5.41, 5.74) is 3.71. The molecule has 2 saturated heterocycles. The predicted molar refractivity (Wildman–Crippen MR) is 237 cm³/mol. The Kier molecular flexibility index (Phi) is 14.8. The van der Waals surface area contributed by atoms with Gasteiger partial charge in [0, 0.05) is 23.7 Å². The average Bonchev–Trinajstić information content (AvgIpc) is 4.18. The Labute approximate surface area is 354 Å². The van der Waals surface area contributed by atoms with E-state index in [9.17, 15) is 5.11 Å². The monoisotopic (exact) mass is 807 g/mol. The van der Waals surface area contributed by atoms with Crippen molar-refractivity contribution in [2.75, 3.05) is 26.4 Å². The molecular formula is C52H70O7. The number of aliphatic hydroxyl groups excluding tert-OH is 1. The lowest BCUT2D eigenvalue weighted by Gasteiger charge is -2.35. The molecule has 0 saturated carbocycles. The third-order valence-corrected chi connectivity index (χ3v) is 12.6. The lowest BCUT2D eigenvalue weighted by Crippen LogP contribution is -2.40. The summed E-state index contributed by atoms with van der Waals surface area (Å²) in [6.07, 6.45) is 8.10. The number of benzene rings is 4. The lowest BCUT2D eigenvalue weighted by atomic mass is 9.78. The van der Waals surface area contributed by atoms with Crippen LogP contribution in [0.1, 0.15) is 135 Å². The molecule has 2 fully saturated rings. The van der Waals surface area contributed by atoms with Crippen molar-refractivity contribution in [2.24, 2.45) is 0 Å². The Balaban J connectivity index is 1.03. The van der Waals surface area contributed by atoms with Crippen LogP contribution in [-0.4, -0.2) is 61.0 Å². The second kappa shape index (κ2) is 19.6. The number of ether oxygens (including phenoxy) is 6. The zero-order valence-electron chi connectivity index (χ0n) is 37.1. The van der Waals surface area contributed by atoms with Gasteiger partial charge in [0.2, 0.25) is 0 Å². The van der Waals surface area contributed by atoms with E-state index in [0.29, 0.717) is 19.1 Å². The highest BCUT2D eigenvalue weighted by Crippen LogP contribution is 2.39. The Morgan fingerprint density at radius 2 is 0.915 bits per heavy atom. The highest BCUT2D eigenvalue weighted by atomic mass is 16.6. The van der Waals surface area contributed by atoms with E-state index in [1.807, 2.05) is 24.3 Å². The van der Waals surface area contributed by atoms with E-state index in [0.717, 1.165) is 87.6 Å². The zero-order valence-corrected chi connectivity index (χ0v) is 37.1. The van der Waals surface area contributed by atoms with Gasteiger partial charge in [0.05, 0.1) is 25.4 Å². The van der Waals surface area contributed by atoms with Crippen molar-refractivity contribution in [1.82, 2.24) is 0 Å². The van der Waals surface area contributed by atoms with Gasteiger partial charge in [0.25, 0.3) is 0 Å². The number of hydrogen-bond acceptors (Lipinski definition) is 7. The summed E-state index contributed by atoms with van der Waals surface area (Å²) >= 11 is 0. The van der Waals surface area contributed by atoms with Crippen molar-refractivity contribution < 1.29 is 33.5 Å². The highest BCUT2D eigenvalue weighted by Gasteiger charge is 2.39. The van der Waals surface area contributed by atoms with Gasteiger partial charge in [0.1, 0.15) is 53.5 Å². The molecule has 1 N–H and O–H groups in total. The van der Waals surface area contributed by atoms with Crippen molar-refractivity contribution in [2.45, 2.75) is 154 Å². The van der Waals surface area contributed by atoms with E-state index >= 15 is 0 Å². The molecule has 7 nitrogen and oxygen atoms in total. The summed E-state index contributed by atoms with van der Waals surface area (Å²) in [7, 11) is 0.